The number of ether oxygens (including phenoxy) is 1. The second-order valence-electron chi connectivity index (χ2n) is 8.13. The molecule has 0 bridgehead atoms. The van der Waals surface area contributed by atoms with E-state index < -0.39 is 0 Å². The van der Waals surface area contributed by atoms with E-state index in [1.54, 1.807) is 7.05 Å². The van der Waals surface area contributed by atoms with E-state index in [1.807, 2.05) is 24.4 Å². The lowest BCUT2D eigenvalue weighted by Gasteiger charge is -2.32. The third-order valence-corrected chi connectivity index (χ3v) is 6.00. The molecule has 0 saturated carbocycles. The van der Waals surface area contributed by atoms with Crippen LogP contribution in [0, 0.1) is 0 Å². The topological polar surface area (TPSA) is 65.0 Å². The minimum atomic E-state index is 0. The number of hydrogen-bond acceptors (Lipinski definition) is 5. The lowest BCUT2D eigenvalue weighted by atomic mass is 10.2. The second kappa shape index (κ2) is 11.9. The summed E-state index contributed by atoms with van der Waals surface area (Å²) in [6.45, 7) is 7.23. The molecule has 0 radical (unpaired) electrons. The van der Waals surface area contributed by atoms with E-state index in [2.05, 4.69) is 55.5 Å². The van der Waals surface area contributed by atoms with Gasteiger partial charge in [-0.2, -0.15) is 0 Å². The molecule has 2 unspecified atom stereocenters. The van der Waals surface area contributed by atoms with Gasteiger partial charge >= 0.3 is 0 Å². The third kappa shape index (κ3) is 6.62. The lowest BCUT2D eigenvalue weighted by Crippen LogP contribution is -2.44. The van der Waals surface area contributed by atoms with E-state index in [-0.39, 0.29) is 30.1 Å². The van der Waals surface area contributed by atoms with Crippen LogP contribution in [0.1, 0.15) is 18.9 Å². The predicted octanol–water partition coefficient (Wildman–Crippen LogP) is 3.52. The Morgan fingerprint density at radius 2 is 2.09 bits per heavy atom. The normalized spacial score (nSPS) is 21.3. The summed E-state index contributed by atoms with van der Waals surface area (Å²) in [4.78, 5) is 13.7. The van der Waals surface area contributed by atoms with E-state index in [4.69, 9.17) is 16.3 Å². The molecule has 0 amide bonds. The molecular formula is C23H32ClIN6O. The zero-order valence-electron chi connectivity index (χ0n) is 18.6. The van der Waals surface area contributed by atoms with Crippen LogP contribution >= 0.6 is 35.6 Å². The van der Waals surface area contributed by atoms with Crippen LogP contribution in [0.25, 0.3) is 0 Å². The molecular weight excluding hydrogens is 539 g/mol. The Kier molecular flexibility index (Phi) is 9.24. The Labute approximate surface area is 212 Å². The number of rotatable bonds is 5. The van der Waals surface area contributed by atoms with Crippen LogP contribution in [0.3, 0.4) is 0 Å². The number of nitrogens with one attached hydrogen (secondary N) is 2. The van der Waals surface area contributed by atoms with Gasteiger partial charge in [-0.1, -0.05) is 23.7 Å². The van der Waals surface area contributed by atoms with Gasteiger partial charge < -0.3 is 25.2 Å². The molecule has 0 spiro atoms. The van der Waals surface area contributed by atoms with Crippen LogP contribution in [0.15, 0.2) is 47.6 Å². The van der Waals surface area contributed by atoms with Crippen molar-refractivity contribution in [1.82, 2.24) is 15.6 Å². The molecule has 2 aliphatic rings. The Bertz CT molecular complexity index is 896. The number of anilines is 2. The highest BCUT2D eigenvalue weighted by molar-refractivity contribution is 14.0. The number of morpholine rings is 1. The Morgan fingerprint density at radius 1 is 1.22 bits per heavy atom. The van der Waals surface area contributed by atoms with Crippen LogP contribution < -0.4 is 20.4 Å². The highest BCUT2D eigenvalue weighted by Crippen LogP contribution is 2.23. The number of benzene rings is 1. The van der Waals surface area contributed by atoms with E-state index in [9.17, 15) is 0 Å². The van der Waals surface area contributed by atoms with Gasteiger partial charge in [0, 0.05) is 62.7 Å². The molecule has 32 heavy (non-hydrogen) atoms. The average molecular weight is 571 g/mol. The molecule has 9 heteroatoms. The first-order valence-corrected chi connectivity index (χ1v) is 11.3. The van der Waals surface area contributed by atoms with Crippen molar-refractivity contribution in [3.63, 3.8) is 0 Å². The van der Waals surface area contributed by atoms with Gasteiger partial charge in [0.15, 0.2) is 5.96 Å². The maximum absolute atomic E-state index is 6.14. The average Bonchev–Trinajstić information content (AvgIpc) is 3.25. The largest absolute Gasteiger partial charge is 0.375 e. The zero-order valence-corrected chi connectivity index (χ0v) is 21.7. The molecule has 2 aromatic rings. The summed E-state index contributed by atoms with van der Waals surface area (Å²) in [6.07, 6.45) is 3.24. The number of nitrogens with zero attached hydrogens (tertiary/aromatic N) is 4. The van der Waals surface area contributed by atoms with Crippen LogP contribution in [0.2, 0.25) is 5.02 Å². The summed E-state index contributed by atoms with van der Waals surface area (Å²) in [5, 5.41) is 7.72. The van der Waals surface area contributed by atoms with Gasteiger partial charge in [-0.15, -0.1) is 24.0 Å². The summed E-state index contributed by atoms with van der Waals surface area (Å²) >= 11 is 6.14. The molecule has 2 N–H and O–H groups in total. The van der Waals surface area contributed by atoms with E-state index in [0.29, 0.717) is 12.6 Å². The number of aliphatic imine (C=N–C) groups is 1. The summed E-state index contributed by atoms with van der Waals surface area (Å²) < 4.78 is 5.61. The van der Waals surface area contributed by atoms with E-state index >= 15 is 0 Å². The fourth-order valence-electron chi connectivity index (χ4n) is 4.09. The van der Waals surface area contributed by atoms with Crippen LogP contribution in [0.5, 0.6) is 0 Å². The highest BCUT2D eigenvalue weighted by atomic mass is 127. The lowest BCUT2D eigenvalue weighted by molar-refractivity contribution is 0.0529. The molecule has 0 aliphatic carbocycles. The summed E-state index contributed by atoms with van der Waals surface area (Å²) in [5.74, 6) is 1.82. The molecule has 3 heterocycles. The van der Waals surface area contributed by atoms with Crippen molar-refractivity contribution in [2.45, 2.75) is 32.0 Å². The molecule has 2 aliphatic heterocycles. The van der Waals surface area contributed by atoms with Crippen LogP contribution in [0.4, 0.5) is 11.5 Å². The Hall–Kier alpha value is -1.78. The molecule has 1 aromatic carbocycles. The standard InChI is InChI=1S/C23H31ClN6O.HI/c1-17-15-30(10-11-31-17)22-7-6-18(13-26-22)14-27-23(25-2)28-20-8-9-29(16-20)21-5-3-4-19(24)12-21;/h3-7,12-13,17,20H,8-11,14-16H2,1-2H3,(H2,25,27,28);1H. The quantitative estimate of drug-likeness (QED) is 0.326. The molecule has 2 atom stereocenters. The number of guanidine groups is 1. The third-order valence-electron chi connectivity index (χ3n) is 5.76. The first-order chi connectivity index (χ1) is 15.1. The predicted molar refractivity (Wildman–Crippen MR) is 143 cm³/mol. The minimum absolute atomic E-state index is 0. The molecule has 2 fully saturated rings. The zero-order chi connectivity index (χ0) is 21.6. The Morgan fingerprint density at radius 3 is 2.81 bits per heavy atom. The molecule has 174 valence electrons. The van der Waals surface area contributed by atoms with Crippen molar-refractivity contribution in [2.24, 2.45) is 4.99 Å². The number of aromatic nitrogens is 1. The van der Waals surface area contributed by atoms with Crippen molar-refractivity contribution < 1.29 is 4.74 Å². The minimum Gasteiger partial charge on any atom is -0.375 e. The highest BCUT2D eigenvalue weighted by Gasteiger charge is 2.23. The smallest absolute Gasteiger partial charge is 0.191 e. The van der Waals surface area contributed by atoms with Crippen molar-refractivity contribution in [1.29, 1.82) is 0 Å². The van der Waals surface area contributed by atoms with E-state index in [1.165, 1.54) is 5.69 Å². The number of pyridine rings is 1. The summed E-state index contributed by atoms with van der Waals surface area (Å²) in [6, 6.07) is 12.6. The SMILES string of the molecule is CN=C(NCc1ccc(N2CCOC(C)C2)nc1)NC1CCN(c2cccc(Cl)c2)C1.I. The summed E-state index contributed by atoms with van der Waals surface area (Å²) in [7, 11) is 1.81. The molecule has 7 nitrogen and oxygen atoms in total. The van der Waals surface area contributed by atoms with Gasteiger partial charge in [0.2, 0.25) is 0 Å². The van der Waals surface area contributed by atoms with Gasteiger partial charge in [0.25, 0.3) is 0 Å². The maximum Gasteiger partial charge on any atom is 0.191 e. The molecule has 1 aromatic heterocycles. The van der Waals surface area contributed by atoms with Gasteiger partial charge in [-0.25, -0.2) is 4.98 Å². The van der Waals surface area contributed by atoms with Gasteiger partial charge in [-0.3, -0.25) is 4.99 Å². The van der Waals surface area contributed by atoms with Crippen molar-refractivity contribution in [2.75, 3.05) is 49.6 Å². The van der Waals surface area contributed by atoms with Crippen LogP contribution in [-0.2, 0) is 11.3 Å². The van der Waals surface area contributed by atoms with Crippen molar-refractivity contribution >= 4 is 53.0 Å². The van der Waals surface area contributed by atoms with E-state index in [0.717, 1.165) is 61.6 Å². The van der Waals surface area contributed by atoms with Crippen molar-refractivity contribution in [3.8, 4) is 0 Å². The van der Waals surface area contributed by atoms with Gasteiger partial charge in [-0.05, 0) is 43.2 Å². The molecule has 2 saturated heterocycles. The first kappa shape index (κ1) is 24.9. The fourth-order valence-corrected chi connectivity index (χ4v) is 4.28. The van der Waals surface area contributed by atoms with Crippen molar-refractivity contribution in [3.05, 3.63) is 53.2 Å². The van der Waals surface area contributed by atoms with Gasteiger partial charge in [0.05, 0.1) is 12.7 Å². The monoisotopic (exact) mass is 570 g/mol. The molecule has 4 rings (SSSR count). The summed E-state index contributed by atoms with van der Waals surface area (Å²) in [5.41, 5.74) is 2.29. The Balaban J connectivity index is 0.00000289. The fraction of sp³-hybridized carbons (Fsp3) is 0.478. The number of hydrogen-bond donors (Lipinski definition) is 2. The first-order valence-electron chi connectivity index (χ1n) is 10.9. The van der Waals surface area contributed by atoms with Gasteiger partial charge in [0.1, 0.15) is 5.82 Å². The maximum atomic E-state index is 6.14. The number of halogens is 2. The van der Waals surface area contributed by atoms with Crippen LogP contribution in [-0.4, -0.2) is 62.9 Å². The second-order valence-corrected chi connectivity index (χ2v) is 8.57.